The van der Waals surface area contributed by atoms with Crippen LogP contribution in [0.2, 0.25) is 0 Å². The zero-order valence-electron chi connectivity index (χ0n) is 10.9. The van der Waals surface area contributed by atoms with Crippen molar-refractivity contribution in [2.75, 3.05) is 12.3 Å². The zero-order valence-corrected chi connectivity index (χ0v) is 11.7. The second kappa shape index (κ2) is 5.46. The summed E-state index contributed by atoms with van der Waals surface area (Å²) >= 11 is 2.06. The summed E-state index contributed by atoms with van der Waals surface area (Å²) in [5.74, 6) is 3.19. The molecule has 0 radical (unpaired) electrons. The fraction of sp³-hybridized carbons (Fsp3) is 0.692. The highest BCUT2D eigenvalue weighted by atomic mass is 32.2. The van der Waals surface area contributed by atoms with E-state index in [1.807, 2.05) is 0 Å². The Morgan fingerprint density at radius 1 is 1.53 bits per heavy atom. The highest BCUT2D eigenvalue weighted by molar-refractivity contribution is 8.00. The van der Waals surface area contributed by atoms with Crippen LogP contribution in [0.15, 0.2) is 10.5 Å². The van der Waals surface area contributed by atoms with Gasteiger partial charge >= 0.3 is 0 Å². The van der Waals surface area contributed by atoms with Gasteiger partial charge in [-0.1, -0.05) is 6.92 Å². The molecule has 1 aliphatic rings. The molecular formula is C13H22N2OS. The average Bonchev–Trinajstić information content (AvgIpc) is 2.65. The van der Waals surface area contributed by atoms with E-state index in [1.165, 1.54) is 11.3 Å². The van der Waals surface area contributed by atoms with Crippen molar-refractivity contribution in [2.24, 2.45) is 5.73 Å². The number of nitrogens with zero attached hydrogens (tertiary/aromatic N) is 1. The standard InChI is InChI=1S/C13H22N2OS/c1-9-6-12(16-13(9)7-14)8-15-4-5-17-11(3)10(15)2/h6,10-11H,4-5,7-8,14H2,1-3H3. The lowest BCUT2D eigenvalue weighted by atomic mass is 10.2. The van der Waals surface area contributed by atoms with Crippen LogP contribution in [0.5, 0.6) is 0 Å². The summed E-state index contributed by atoms with van der Waals surface area (Å²) < 4.78 is 5.78. The Bertz CT molecular complexity index is 377. The normalized spacial score (nSPS) is 26.4. The number of rotatable bonds is 3. The molecule has 2 heterocycles. The van der Waals surface area contributed by atoms with Gasteiger partial charge in [0.1, 0.15) is 11.5 Å². The molecule has 2 unspecified atom stereocenters. The van der Waals surface area contributed by atoms with Gasteiger partial charge < -0.3 is 10.2 Å². The molecule has 1 aromatic rings. The smallest absolute Gasteiger partial charge is 0.120 e. The fourth-order valence-corrected chi connectivity index (χ4v) is 3.45. The molecule has 0 aromatic carbocycles. The van der Waals surface area contributed by atoms with Gasteiger partial charge in [0.2, 0.25) is 0 Å². The van der Waals surface area contributed by atoms with E-state index in [0.717, 1.165) is 24.6 Å². The average molecular weight is 254 g/mol. The molecule has 2 rings (SSSR count). The van der Waals surface area contributed by atoms with Crippen LogP contribution >= 0.6 is 11.8 Å². The zero-order chi connectivity index (χ0) is 12.4. The Kier molecular flexibility index (Phi) is 4.17. The van der Waals surface area contributed by atoms with Crippen LogP contribution < -0.4 is 5.73 Å². The number of thioether (sulfide) groups is 1. The van der Waals surface area contributed by atoms with E-state index in [-0.39, 0.29) is 0 Å². The number of furan rings is 1. The van der Waals surface area contributed by atoms with Crippen LogP contribution in [-0.4, -0.2) is 28.5 Å². The predicted molar refractivity (Wildman–Crippen MR) is 73.1 cm³/mol. The lowest BCUT2D eigenvalue weighted by Gasteiger charge is -2.36. The van der Waals surface area contributed by atoms with Gasteiger partial charge in [-0.2, -0.15) is 11.8 Å². The van der Waals surface area contributed by atoms with Crippen molar-refractivity contribution in [3.63, 3.8) is 0 Å². The lowest BCUT2D eigenvalue weighted by molar-refractivity contribution is 0.188. The maximum absolute atomic E-state index is 5.78. The molecule has 3 nitrogen and oxygen atoms in total. The van der Waals surface area contributed by atoms with Crippen molar-refractivity contribution in [3.8, 4) is 0 Å². The maximum atomic E-state index is 5.78. The number of hydrogen-bond acceptors (Lipinski definition) is 4. The third-order valence-electron chi connectivity index (χ3n) is 3.63. The minimum absolute atomic E-state index is 0.494. The quantitative estimate of drug-likeness (QED) is 0.899. The molecule has 1 saturated heterocycles. The van der Waals surface area contributed by atoms with Gasteiger partial charge in [-0.25, -0.2) is 0 Å². The lowest BCUT2D eigenvalue weighted by Crippen LogP contribution is -2.43. The minimum atomic E-state index is 0.494. The summed E-state index contributed by atoms with van der Waals surface area (Å²) in [5, 5.41) is 0.703. The highest BCUT2D eigenvalue weighted by Crippen LogP contribution is 2.26. The van der Waals surface area contributed by atoms with Crippen LogP contribution in [0.4, 0.5) is 0 Å². The number of aryl methyl sites for hydroxylation is 1. The topological polar surface area (TPSA) is 42.4 Å². The third kappa shape index (κ3) is 2.87. The molecule has 2 atom stereocenters. The Morgan fingerprint density at radius 2 is 2.29 bits per heavy atom. The van der Waals surface area contributed by atoms with Crippen molar-refractivity contribution in [1.82, 2.24) is 4.90 Å². The maximum Gasteiger partial charge on any atom is 0.120 e. The van der Waals surface area contributed by atoms with Crippen LogP contribution in [0, 0.1) is 6.92 Å². The minimum Gasteiger partial charge on any atom is -0.463 e. The molecule has 1 fully saturated rings. The van der Waals surface area contributed by atoms with Crippen molar-refractivity contribution in [3.05, 3.63) is 23.2 Å². The molecular weight excluding hydrogens is 232 g/mol. The second-order valence-corrected chi connectivity index (χ2v) is 6.30. The summed E-state index contributed by atoms with van der Waals surface area (Å²) in [6, 6.07) is 2.74. The summed E-state index contributed by atoms with van der Waals surface area (Å²) in [6.07, 6.45) is 0. The van der Waals surface area contributed by atoms with Gasteiger partial charge in [0.25, 0.3) is 0 Å². The molecule has 0 aliphatic carbocycles. The summed E-state index contributed by atoms with van der Waals surface area (Å²) in [5.41, 5.74) is 6.81. The second-order valence-electron chi connectivity index (χ2n) is 4.81. The van der Waals surface area contributed by atoms with Gasteiger partial charge in [-0.15, -0.1) is 0 Å². The van der Waals surface area contributed by atoms with Crippen LogP contribution in [0.3, 0.4) is 0 Å². The predicted octanol–water partition coefficient (Wildman–Crippen LogP) is 2.37. The van der Waals surface area contributed by atoms with Crippen LogP contribution in [-0.2, 0) is 13.1 Å². The van der Waals surface area contributed by atoms with E-state index < -0.39 is 0 Å². The first-order chi connectivity index (χ1) is 8.11. The monoisotopic (exact) mass is 254 g/mol. The molecule has 17 heavy (non-hydrogen) atoms. The molecule has 0 saturated carbocycles. The van der Waals surface area contributed by atoms with E-state index in [1.54, 1.807) is 0 Å². The first kappa shape index (κ1) is 13.0. The summed E-state index contributed by atoms with van der Waals surface area (Å²) in [6.45, 7) is 9.22. The Balaban J connectivity index is 2.04. The van der Waals surface area contributed by atoms with Crippen molar-refractivity contribution < 1.29 is 4.42 Å². The molecule has 96 valence electrons. The molecule has 2 N–H and O–H groups in total. The summed E-state index contributed by atoms with van der Waals surface area (Å²) in [4.78, 5) is 2.50. The Hall–Kier alpha value is -0.450. The molecule has 4 heteroatoms. The van der Waals surface area contributed by atoms with E-state index in [9.17, 15) is 0 Å². The summed E-state index contributed by atoms with van der Waals surface area (Å²) in [7, 11) is 0. The number of nitrogens with two attached hydrogens (primary N) is 1. The van der Waals surface area contributed by atoms with Crippen molar-refractivity contribution in [1.29, 1.82) is 0 Å². The van der Waals surface area contributed by atoms with Gasteiger partial charge in [-0.3, -0.25) is 4.90 Å². The van der Waals surface area contributed by atoms with Gasteiger partial charge in [0.05, 0.1) is 13.1 Å². The van der Waals surface area contributed by atoms with Crippen molar-refractivity contribution in [2.45, 2.75) is 45.2 Å². The molecule has 1 aliphatic heterocycles. The molecule has 0 amide bonds. The van der Waals surface area contributed by atoms with E-state index >= 15 is 0 Å². The first-order valence-electron chi connectivity index (χ1n) is 6.25. The fourth-order valence-electron chi connectivity index (χ4n) is 2.29. The van der Waals surface area contributed by atoms with E-state index in [4.69, 9.17) is 10.2 Å². The Morgan fingerprint density at radius 3 is 2.94 bits per heavy atom. The Labute approximate surface area is 108 Å². The van der Waals surface area contributed by atoms with Gasteiger partial charge in [0.15, 0.2) is 0 Å². The number of hydrogen-bond donors (Lipinski definition) is 1. The van der Waals surface area contributed by atoms with Gasteiger partial charge in [0, 0.05) is 23.6 Å². The first-order valence-corrected chi connectivity index (χ1v) is 7.30. The van der Waals surface area contributed by atoms with Crippen LogP contribution in [0.25, 0.3) is 0 Å². The van der Waals surface area contributed by atoms with E-state index in [2.05, 4.69) is 43.5 Å². The molecule has 0 bridgehead atoms. The highest BCUT2D eigenvalue weighted by Gasteiger charge is 2.25. The van der Waals surface area contributed by atoms with Crippen LogP contribution in [0.1, 0.15) is 30.9 Å². The largest absolute Gasteiger partial charge is 0.463 e. The third-order valence-corrected chi connectivity index (χ3v) is 4.97. The molecule has 1 aromatic heterocycles. The van der Waals surface area contributed by atoms with Crippen molar-refractivity contribution >= 4 is 11.8 Å². The molecule has 0 spiro atoms. The van der Waals surface area contributed by atoms with E-state index in [0.29, 0.717) is 17.8 Å². The SMILES string of the molecule is Cc1cc(CN2CCSC(C)C2C)oc1CN. The van der Waals surface area contributed by atoms with Gasteiger partial charge in [-0.05, 0) is 25.5 Å².